The quantitative estimate of drug-likeness (QED) is 0.829. The van der Waals surface area contributed by atoms with Crippen LogP contribution in [0.25, 0.3) is 0 Å². The summed E-state index contributed by atoms with van der Waals surface area (Å²) in [6, 6.07) is 7.00. The Morgan fingerprint density at radius 3 is 2.57 bits per heavy atom. The van der Waals surface area contributed by atoms with E-state index in [-0.39, 0.29) is 23.4 Å². The summed E-state index contributed by atoms with van der Waals surface area (Å²) in [6.45, 7) is 5.46. The van der Waals surface area contributed by atoms with E-state index in [9.17, 15) is 13.2 Å². The predicted octanol–water partition coefficient (Wildman–Crippen LogP) is 0.478. The minimum Gasteiger partial charge on any atom is -0.354 e. The molecule has 1 amide bonds. The van der Waals surface area contributed by atoms with E-state index in [1.807, 2.05) is 26.0 Å². The lowest BCUT2D eigenvalue weighted by Gasteiger charge is -2.26. The Labute approximate surface area is 125 Å². The zero-order chi connectivity index (χ0) is 15.5. The first kappa shape index (κ1) is 15.9. The number of piperazine rings is 1. The van der Waals surface area contributed by atoms with Crippen molar-refractivity contribution in [3.8, 4) is 0 Å². The molecule has 1 aromatic carbocycles. The van der Waals surface area contributed by atoms with Gasteiger partial charge in [-0.2, -0.15) is 4.31 Å². The molecule has 0 spiro atoms. The fourth-order valence-electron chi connectivity index (χ4n) is 2.32. The zero-order valence-corrected chi connectivity index (χ0v) is 13.1. The van der Waals surface area contributed by atoms with Crippen LogP contribution in [0.1, 0.15) is 25.5 Å². The van der Waals surface area contributed by atoms with Crippen LogP contribution < -0.4 is 10.6 Å². The van der Waals surface area contributed by atoms with Gasteiger partial charge in [-0.3, -0.25) is 4.79 Å². The van der Waals surface area contributed by atoms with Gasteiger partial charge in [0.05, 0.1) is 11.4 Å². The van der Waals surface area contributed by atoms with E-state index in [1.54, 1.807) is 12.1 Å². The van der Waals surface area contributed by atoms with Gasteiger partial charge in [0, 0.05) is 19.1 Å². The summed E-state index contributed by atoms with van der Waals surface area (Å²) in [5.41, 5.74) is 1.03. The maximum atomic E-state index is 12.5. The number of nitrogens with one attached hydrogen (secondary N) is 2. The number of nitrogens with zero attached hydrogens (tertiary/aromatic N) is 1. The molecule has 1 atom stereocenters. The van der Waals surface area contributed by atoms with Crippen LogP contribution in [-0.4, -0.2) is 44.8 Å². The molecular weight excluding hydrogens is 290 g/mol. The average molecular weight is 311 g/mol. The highest BCUT2D eigenvalue weighted by molar-refractivity contribution is 7.89. The maximum absolute atomic E-state index is 12.5. The molecule has 116 valence electrons. The number of carbonyl (C=O) groups is 1. The van der Waals surface area contributed by atoms with Crippen molar-refractivity contribution in [2.75, 3.05) is 26.2 Å². The Hall–Kier alpha value is -1.44. The van der Waals surface area contributed by atoms with E-state index in [0.717, 1.165) is 12.1 Å². The summed E-state index contributed by atoms with van der Waals surface area (Å²) < 4.78 is 26.2. The Kier molecular flexibility index (Phi) is 4.97. The van der Waals surface area contributed by atoms with Gasteiger partial charge in [-0.15, -0.1) is 0 Å². The number of rotatable bonds is 5. The van der Waals surface area contributed by atoms with E-state index in [0.29, 0.717) is 13.1 Å². The van der Waals surface area contributed by atoms with Crippen LogP contribution in [0.4, 0.5) is 0 Å². The largest absolute Gasteiger partial charge is 0.354 e. The molecule has 0 bridgehead atoms. The third-order valence-corrected chi connectivity index (χ3v) is 5.39. The minimum absolute atomic E-state index is 0.113. The molecule has 0 radical (unpaired) electrons. The van der Waals surface area contributed by atoms with Crippen molar-refractivity contribution in [2.24, 2.45) is 0 Å². The molecule has 2 rings (SSSR count). The van der Waals surface area contributed by atoms with E-state index in [4.69, 9.17) is 0 Å². The van der Waals surface area contributed by atoms with E-state index < -0.39 is 10.0 Å². The third-order valence-electron chi connectivity index (χ3n) is 3.53. The maximum Gasteiger partial charge on any atom is 0.243 e. The SMILES string of the molecule is CCNC(C)c1ccc(S(=O)(=O)N2CCNC(=O)C2)cc1. The Bertz CT molecular complexity index is 598. The van der Waals surface area contributed by atoms with E-state index >= 15 is 0 Å². The monoisotopic (exact) mass is 311 g/mol. The molecule has 1 saturated heterocycles. The van der Waals surface area contributed by atoms with Gasteiger partial charge in [-0.1, -0.05) is 19.1 Å². The van der Waals surface area contributed by atoms with Crippen LogP contribution in [0.15, 0.2) is 29.2 Å². The van der Waals surface area contributed by atoms with Crippen molar-refractivity contribution in [1.82, 2.24) is 14.9 Å². The molecule has 1 fully saturated rings. The molecule has 0 aliphatic carbocycles. The zero-order valence-electron chi connectivity index (χ0n) is 12.3. The standard InChI is InChI=1S/C14H21N3O3S/c1-3-15-11(2)12-4-6-13(7-5-12)21(19,20)17-9-8-16-14(18)10-17/h4-7,11,15H,3,8-10H2,1-2H3,(H,16,18). The van der Waals surface area contributed by atoms with E-state index in [2.05, 4.69) is 10.6 Å². The summed E-state index contributed by atoms with van der Waals surface area (Å²) in [4.78, 5) is 11.6. The Morgan fingerprint density at radius 1 is 1.33 bits per heavy atom. The molecule has 1 unspecified atom stereocenters. The first-order valence-electron chi connectivity index (χ1n) is 7.05. The molecule has 1 aliphatic heterocycles. The second kappa shape index (κ2) is 6.55. The van der Waals surface area contributed by atoms with Crippen LogP contribution in [0, 0.1) is 0 Å². The van der Waals surface area contributed by atoms with E-state index in [1.165, 1.54) is 4.31 Å². The van der Waals surface area contributed by atoms with Crippen LogP contribution >= 0.6 is 0 Å². The molecular formula is C14H21N3O3S. The molecule has 6 nitrogen and oxygen atoms in total. The van der Waals surface area contributed by atoms with Gasteiger partial charge < -0.3 is 10.6 Å². The molecule has 7 heteroatoms. The summed E-state index contributed by atoms with van der Waals surface area (Å²) in [5, 5.41) is 5.90. The molecule has 1 aliphatic rings. The summed E-state index contributed by atoms with van der Waals surface area (Å²) in [7, 11) is -3.60. The fourth-order valence-corrected chi connectivity index (χ4v) is 3.72. The van der Waals surface area contributed by atoms with Crippen molar-refractivity contribution in [3.05, 3.63) is 29.8 Å². The lowest BCUT2D eigenvalue weighted by atomic mass is 10.1. The number of amides is 1. The first-order chi connectivity index (χ1) is 9.95. The summed E-state index contributed by atoms with van der Waals surface area (Å²) in [5.74, 6) is -0.262. The van der Waals surface area contributed by atoms with Gasteiger partial charge in [-0.25, -0.2) is 8.42 Å². The average Bonchev–Trinajstić information content (AvgIpc) is 2.47. The Balaban J connectivity index is 2.19. The number of benzene rings is 1. The highest BCUT2D eigenvalue weighted by Gasteiger charge is 2.29. The number of hydrogen-bond acceptors (Lipinski definition) is 4. The number of sulfonamides is 1. The molecule has 21 heavy (non-hydrogen) atoms. The fraction of sp³-hybridized carbons (Fsp3) is 0.500. The van der Waals surface area contributed by atoms with Gasteiger partial charge in [0.15, 0.2) is 0 Å². The van der Waals surface area contributed by atoms with Crippen molar-refractivity contribution in [3.63, 3.8) is 0 Å². The van der Waals surface area contributed by atoms with Crippen molar-refractivity contribution < 1.29 is 13.2 Å². The summed E-state index contributed by atoms with van der Waals surface area (Å²) in [6.07, 6.45) is 0. The topological polar surface area (TPSA) is 78.5 Å². The van der Waals surface area contributed by atoms with Crippen LogP contribution in [-0.2, 0) is 14.8 Å². The number of carbonyl (C=O) groups excluding carboxylic acids is 1. The summed E-state index contributed by atoms with van der Waals surface area (Å²) >= 11 is 0. The van der Waals surface area contributed by atoms with Crippen LogP contribution in [0.2, 0.25) is 0 Å². The molecule has 1 heterocycles. The normalized spacial score (nSPS) is 18.3. The van der Waals surface area contributed by atoms with Gasteiger partial charge in [0.2, 0.25) is 15.9 Å². The van der Waals surface area contributed by atoms with Crippen molar-refractivity contribution in [2.45, 2.75) is 24.8 Å². The highest BCUT2D eigenvalue weighted by atomic mass is 32.2. The molecule has 1 aromatic rings. The van der Waals surface area contributed by atoms with Crippen LogP contribution in [0.3, 0.4) is 0 Å². The van der Waals surface area contributed by atoms with Crippen molar-refractivity contribution >= 4 is 15.9 Å². The lowest BCUT2D eigenvalue weighted by Crippen LogP contribution is -2.49. The van der Waals surface area contributed by atoms with Crippen LogP contribution in [0.5, 0.6) is 0 Å². The lowest BCUT2D eigenvalue weighted by molar-refractivity contribution is -0.122. The molecule has 0 aromatic heterocycles. The first-order valence-corrected chi connectivity index (χ1v) is 8.49. The molecule has 0 saturated carbocycles. The molecule has 2 N–H and O–H groups in total. The van der Waals surface area contributed by atoms with Gasteiger partial charge in [0.1, 0.15) is 0 Å². The predicted molar refractivity (Wildman–Crippen MR) is 80.3 cm³/mol. The minimum atomic E-state index is -3.60. The van der Waals surface area contributed by atoms with Crippen molar-refractivity contribution in [1.29, 1.82) is 0 Å². The smallest absolute Gasteiger partial charge is 0.243 e. The Morgan fingerprint density at radius 2 is 2.00 bits per heavy atom. The second-order valence-corrected chi connectivity index (χ2v) is 6.97. The van der Waals surface area contributed by atoms with Gasteiger partial charge >= 0.3 is 0 Å². The second-order valence-electron chi connectivity index (χ2n) is 5.04. The highest BCUT2D eigenvalue weighted by Crippen LogP contribution is 2.19. The van der Waals surface area contributed by atoms with Gasteiger partial charge in [-0.05, 0) is 31.2 Å². The third kappa shape index (κ3) is 3.61. The number of hydrogen-bond donors (Lipinski definition) is 2. The van der Waals surface area contributed by atoms with Gasteiger partial charge in [0.25, 0.3) is 0 Å².